The quantitative estimate of drug-likeness (QED) is 0.844. The van der Waals surface area contributed by atoms with Crippen LogP contribution in [0.25, 0.3) is 0 Å². The van der Waals surface area contributed by atoms with E-state index in [9.17, 15) is 4.79 Å². The lowest BCUT2D eigenvalue weighted by atomic mass is 10.2. The van der Waals surface area contributed by atoms with Gasteiger partial charge in [0.05, 0.1) is 25.0 Å². The van der Waals surface area contributed by atoms with Gasteiger partial charge in [0.1, 0.15) is 5.76 Å². The van der Waals surface area contributed by atoms with Crippen LogP contribution in [0.5, 0.6) is 0 Å². The monoisotopic (exact) mass is 346 g/mol. The van der Waals surface area contributed by atoms with Gasteiger partial charge in [-0.1, -0.05) is 0 Å². The molecule has 0 bridgehead atoms. The molecular weight excluding hydrogens is 324 g/mol. The summed E-state index contributed by atoms with van der Waals surface area (Å²) in [5.74, 6) is 3.60. The minimum absolute atomic E-state index is 0.0232. The average Bonchev–Trinajstić information content (AvgIpc) is 3.18. The normalized spacial score (nSPS) is 21.1. The number of nitrogens with zero attached hydrogens (tertiary/aromatic N) is 4. The van der Waals surface area contributed by atoms with E-state index in [4.69, 9.17) is 4.42 Å². The molecule has 1 unspecified atom stereocenters. The smallest absolute Gasteiger partial charge is 0.267 e. The Morgan fingerprint density at radius 1 is 1.46 bits per heavy atom. The summed E-state index contributed by atoms with van der Waals surface area (Å²) in [6.07, 6.45) is 4.94. The van der Waals surface area contributed by atoms with Crippen LogP contribution in [-0.2, 0) is 25.3 Å². The first-order valence-corrected chi connectivity index (χ1v) is 9.67. The Bertz CT molecular complexity index is 785. The number of hydrogen-bond acceptors (Lipinski definition) is 6. The Labute approximate surface area is 145 Å². The Kier molecular flexibility index (Phi) is 4.45. The summed E-state index contributed by atoms with van der Waals surface area (Å²) in [4.78, 5) is 19.0. The van der Waals surface area contributed by atoms with Gasteiger partial charge in [-0.3, -0.25) is 9.69 Å². The van der Waals surface area contributed by atoms with Crippen molar-refractivity contribution in [2.75, 3.05) is 12.3 Å². The molecule has 0 saturated carbocycles. The third kappa shape index (κ3) is 3.28. The predicted octanol–water partition coefficient (Wildman–Crippen LogP) is 1.99. The standard InChI is InChI=1S/C17H22N4O2S/c1-12-8-18-16(23-12)10-20-5-2-3-14(20)9-21-17(22)7-13-11-24-6-4-15(13)19-21/h7-8,14H,2-6,9-11H2,1H3. The van der Waals surface area contributed by atoms with Gasteiger partial charge in [-0.2, -0.15) is 16.9 Å². The Morgan fingerprint density at radius 2 is 2.38 bits per heavy atom. The lowest BCUT2D eigenvalue weighted by Gasteiger charge is -2.24. The van der Waals surface area contributed by atoms with Gasteiger partial charge in [0, 0.05) is 24.3 Å². The third-order valence-electron chi connectivity index (χ3n) is 4.80. The van der Waals surface area contributed by atoms with Crippen molar-refractivity contribution in [2.24, 2.45) is 0 Å². The second-order valence-electron chi connectivity index (χ2n) is 6.57. The minimum Gasteiger partial charge on any atom is -0.445 e. The summed E-state index contributed by atoms with van der Waals surface area (Å²) in [7, 11) is 0. The molecule has 7 heteroatoms. The summed E-state index contributed by atoms with van der Waals surface area (Å²) in [5.41, 5.74) is 2.24. The van der Waals surface area contributed by atoms with Gasteiger partial charge in [-0.25, -0.2) is 9.67 Å². The maximum atomic E-state index is 12.4. The molecule has 1 saturated heterocycles. The maximum Gasteiger partial charge on any atom is 0.267 e. The average molecular weight is 346 g/mol. The first kappa shape index (κ1) is 15.9. The zero-order valence-corrected chi connectivity index (χ0v) is 14.7. The fraction of sp³-hybridized carbons (Fsp3) is 0.588. The van der Waals surface area contributed by atoms with E-state index >= 15 is 0 Å². The summed E-state index contributed by atoms with van der Waals surface area (Å²) in [6, 6.07) is 2.10. The molecule has 0 radical (unpaired) electrons. The highest BCUT2D eigenvalue weighted by molar-refractivity contribution is 7.98. The topological polar surface area (TPSA) is 64.2 Å². The molecule has 1 atom stereocenters. The van der Waals surface area contributed by atoms with Crippen LogP contribution in [0, 0.1) is 6.92 Å². The number of hydrogen-bond donors (Lipinski definition) is 0. The number of likely N-dealkylation sites (tertiary alicyclic amines) is 1. The number of aromatic nitrogens is 3. The van der Waals surface area contributed by atoms with E-state index in [1.165, 1.54) is 0 Å². The zero-order chi connectivity index (χ0) is 16.5. The summed E-state index contributed by atoms with van der Waals surface area (Å²) >= 11 is 1.87. The molecule has 0 amide bonds. The minimum atomic E-state index is 0.0232. The van der Waals surface area contributed by atoms with E-state index < -0.39 is 0 Å². The van der Waals surface area contributed by atoms with Crippen LogP contribution in [0.4, 0.5) is 0 Å². The van der Waals surface area contributed by atoms with Crippen molar-refractivity contribution in [1.82, 2.24) is 19.7 Å². The van der Waals surface area contributed by atoms with Gasteiger partial charge in [-0.05, 0) is 37.6 Å². The highest BCUT2D eigenvalue weighted by Crippen LogP contribution is 2.23. The molecule has 128 valence electrons. The van der Waals surface area contributed by atoms with Crippen molar-refractivity contribution in [3.05, 3.63) is 45.5 Å². The molecule has 24 heavy (non-hydrogen) atoms. The van der Waals surface area contributed by atoms with Crippen molar-refractivity contribution < 1.29 is 4.42 Å². The summed E-state index contributed by atoms with van der Waals surface area (Å²) in [5, 5.41) is 4.65. The van der Waals surface area contributed by atoms with Crippen LogP contribution in [-0.4, -0.2) is 38.0 Å². The SMILES string of the molecule is Cc1cnc(CN2CCCC2Cn2nc3c(cc2=O)CSCC3)o1. The van der Waals surface area contributed by atoms with Gasteiger partial charge < -0.3 is 4.42 Å². The Hall–Kier alpha value is -1.60. The summed E-state index contributed by atoms with van der Waals surface area (Å²) < 4.78 is 7.27. The van der Waals surface area contributed by atoms with Crippen molar-refractivity contribution in [3.8, 4) is 0 Å². The highest BCUT2D eigenvalue weighted by Gasteiger charge is 2.27. The molecule has 0 aromatic carbocycles. The van der Waals surface area contributed by atoms with Gasteiger partial charge in [-0.15, -0.1) is 0 Å². The van der Waals surface area contributed by atoms with Crippen LogP contribution in [0.2, 0.25) is 0 Å². The number of fused-ring (bicyclic) bond motifs is 1. The number of aryl methyl sites for hydroxylation is 2. The number of rotatable bonds is 4. The highest BCUT2D eigenvalue weighted by atomic mass is 32.2. The Balaban J connectivity index is 1.50. The largest absolute Gasteiger partial charge is 0.445 e. The number of oxazole rings is 1. The van der Waals surface area contributed by atoms with Gasteiger partial charge in [0.2, 0.25) is 5.89 Å². The van der Waals surface area contributed by atoms with Crippen LogP contribution < -0.4 is 5.56 Å². The van der Waals surface area contributed by atoms with Crippen LogP contribution >= 0.6 is 11.8 Å². The van der Waals surface area contributed by atoms with Crippen LogP contribution in [0.1, 0.15) is 35.7 Å². The molecule has 4 rings (SSSR count). The van der Waals surface area contributed by atoms with Crippen molar-refractivity contribution >= 4 is 11.8 Å². The van der Waals surface area contributed by atoms with E-state index in [1.807, 2.05) is 18.7 Å². The van der Waals surface area contributed by atoms with Crippen LogP contribution in [0.3, 0.4) is 0 Å². The van der Waals surface area contributed by atoms with Gasteiger partial charge in [0.15, 0.2) is 0 Å². The molecule has 2 aliphatic heterocycles. The molecule has 6 nitrogen and oxygen atoms in total. The molecule has 2 aromatic heterocycles. The fourth-order valence-corrected chi connectivity index (χ4v) is 4.49. The Morgan fingerprint density at radius 3 is 3.21 bits per heavy atom. The second-order valence-corrected chi connectivity index (χ2v) is 7.68. The summed E-state index contributed by atoms with van der Waals surface area (Å²) in [6.45, 7) is 4.28. The van der Waals surface area contributed by atoms with Gasteiger partial charge in [0.25, 0.3) is 5.56 Å². The van der Waals surface area contributed by atoms with E-state index in [2.05, 4.69) is 15.0 Å². The molecular formula is C17H22N4O2S. The predicted molar refractivity (Wildman–Crippen MR) is 93.0 cm³/mol. The lowest BCUT2D eigenvalue weighted by Crippen LogP contribution is -2.37. The van der Waals surface area contributed by atoms with E-state index in [0.29, 0.717) is 19.1 Å². The van der Waals surface area contributed by atoms with E-state index in [0.717, 1.165) is 60.2 Å². The maximum absolute atomic E-state index is 12.4. The molecule has 4 heterocycles. The molecule has 2 aromatic rings. The van der Waals surface area contributed by atoms with Crippen molar-refractivity contribution in [2.45, 2.75) is 51.1 Å². The molecule has 0 N–H and O–H groups in total. The second kappa shape index (κ2) is 6.72. The van der Waals surface area contributed by atoms with Gasteiger partial charge >= 0.3 is 0 Å². The van der Waals surface area contributed by atoms with Crippen LogP contribution in [0.15, 0.2) is 21.5 Å². The number of thioether (sulfide) groups is 1. The van der Waals surface area contributed by atoms with Crippen molar-refractivity contribution in [3.63, 3.8) is 0 Å². The molecule has 2 aliphatic rings. The lowest BCUT2D eigenvalue weighted by molar-refractivity contribution is 0.196. The third-order valence-corrected chi connectivity index (χ3v) is 5.80. The van der Waals surface area contributed by atoms with E-state index in [1.54, 1.807) is 16.9 Å². The van der Waals surface area contributed by atoms with Crippen molar-refractivity contribution in [1.29, 1.82) is 0 Å². The molecule has 1 fully saturated rings. The first-order chi connectivity index (χ1) is 11.7. The molecule has 0 spiro atoms. The first-order valence-electron chi connectivity index (χ1n) is 8.52. The zero-order valence-electron chi connectivity index (χ0n) is 13.9. The molecule has 0 aliphatic carbocycles. The fourth-order valence-electron chi connectivity index (χ4n) is 3.54. The van der Waals surface area contributed by atoms with E-state index in [-0.39, 0.29) is 5.56 Å².